The summed E-state index contributed by atoms with van der Waals surface area (Å²) in [7, 11) is 1.57. The second-order valence-corrected chi connectivity index (χ2v) is 8.43. The number of carbonyl (C=O) groups excluding carboxylic acids is 2. The van der Waals surface area contributed by atoms with E-state index in [4.69, 9.17) is 4.74 Å². The molecule has 0 saturated carbocycles. The van der Waals surface area contributed by atoms with Crippen LogP contribution in [-0.4, -0.2) is 47.1 Å². The molecule has 1 fully saturated rings. The zero-order valence-corrected chi connectivity index (χ0v) is 18.3. The molecule has 164 valence electrons. The average molecular weight is 424 g/mol. The summed E-state index contributed by atoms with van der Waals surface area (Å²) in [5.74, 6) is -0.626. The van der Waals surface area contributed by atoms with Gasteiger partial charge in [-0.05, 0) is 49.4 Å². The molecule has 0 aliphatic carbocycles. The topological polar surface area (TPSA) is 80.6 Å². The number of hydrogen-bond donors (Lipinski definition) is 1. The van der Waals surface area contributed by atoms with Crippen LogP contribution in [0.1, 0.15) is 45.6 Å². The molecule has 7 heteroatoms. The predicted octanol–water partition coefficient (Wildman–Crippen LogP) is 1.96. The summed E-state index contributed by atoms with van der Waals surface area (Å²) in [5, 5.41) is 2.67. The fourth-order valence-corrected chi connectivity index (χ4v) is 4.69. The Bertz CT molecular complexity index is 1070. The van der Waals surface area contributed by atoms with Crippen LogP contribution in [0, 0.1) is 13.8 Å². The summed E-state index contributed by atoms with van der Waals surface area (Å²) in [6, 6.07) is 9.03. The molecular formula is C24H29N3O4. The molecule has 2 aliphatic rings. The highest BCUT2D eigenvalue weighted by Crippen LogP contribution is 2.25. The van der Waals surface area contributed by atoms with Crippen LogP contribution >= 0.6 is 0 Å². The molecule has 1 saturated heterocycles. The zero-order valence-electron chi connectivity index (χ0n) is 18.3. The molecule has 2 unspecified atom stereocenters. The Labute approximate surface area is 182 Å². The van der Waals surface area contributed by atoms with Crippen molar-refractivity contribution in [3.05, 3.63) is 68.6 Å². The van der Waals surface area contributed by atoms with E-state index in [1.54, 1.807) is 18.5 Å². The maximum atomic E-state index is 13.7. The molecule has 0 spiro atoms. The SMILES string of the molecule is CNC(=O)C1Cc2ccccc2CN1C(=O)c1c(C)cc(C)n(CC2CCCO2)c1=O. The van der Waals surface area contributed by atoms with E-state index in [0.29, 0.717) is 31.7 Å². The van der Waals surface area contributed by atoms with E-state index < -0.39 is 11.9 Å². The zero-order chi connectivity index (χ0) is 22.1. The average Bonchev–Trinajstić information content (AvgIpc) is 3.28. The molecule has 1 aromatic carbocycles. The fourth-order valence-electron chi connectivity index (χ4n) is 4.69. The normalized spacial score (nSPS) is 20.4. The van der Waals surface area contributed by atoms with Gasteiger partial charge in [-0.3, -0.25) is 14.4 Å². The number of ether oxygens (including phenoxy) is 1. The van der Waals surface area contributed by atoms with Gasteiger partial charge in [0, 0.05) is 32.3 Å². The van der Waals surface area contributed by atoms with E-state index in [1.165, 1.54) is 4.90 Å². The van der Waals surface area contributed by atoms with Gasteiger partial charge in [0.25, 0.3) is 11.5 Å². The van der Waals surface area contributed by atoms with Crippen molar-refractivity contribution in [2.24, 2.45) is 0 Å². The van der Waals surface area contributed by atoms with Crippen LogP contribution in [0.5, 0.6) is 0 Å². The number of hydrogen-bond acceptors (Lipinski definition) is 4. The Kier molecular flexibility index (Phi) is 5.96. The summed E-state index contributed by atoms with van der Waals surface area (Å²) in [6.45, 7) is 5.10. The lowest BCUT2D eigenvalue weighted by Crippen LogP contribution is -2.53. The summed E-state index contributed by atoms with van der Waals surface area (Å²) < 4.78 is 7.35. The molecule has 1 aromatic heterocycles. The van der Waals surface area contributed by atoms with E-state index >= 15 is 0 Å². The van der Waals surface area contributed by atoms with E-state index in [0.717, 1.165) is 29.7 Å². The molecule has 0 bridgehead atoms. The largest absolute Gasteiger partial charge is 0.376 e. The van der Waals surface area contributed by atoms with Gasteiger partial charge < -0.3 is 19.5 Å². The van der Waals surface area contributed by atoms with E-state index in [2.05, 4.69) is 5.32 Å². The van der Waals surface area contributed by atoms with E-state index in [1.807, 2.05) is 37.3 Å². The van der Waals surface area contributed by atoms with Crippen molar-refractivity contribution in [3.8, 4) is 0 Å². The first-order chi connectivity index (χ1) is 14.9. The number of likely N-dealkylation sites (N-methyl/N-ethyl adjacent to an activating group) is 1. The van der Waals surface area contributed by atoms with Gasteiger partial charge in [-0.2, -0.15) is 0 Å². The third kappa shape index (κ3) is 4.02. The monoisotopic (exact) mass is 423 g/mol. The second-order valence-electron chi connectivity index (χ2n) is 8.43. The summed E-state index contributed by atoms with van der Waals surface area (Å²) in [4.78, 5) is 41.3. The Morgan fingerprint density at radius 1 is 1.19 bits per heavy atom. The van der Waals surface area contributed by atoms with Gasteiger partial charge in [-0.15, -0.1) is 0 Å². The number of nitrogens with zero attached hydrogens (tertiary/aromatic N) is 2. The number of pyridine rings is 1. The lowest BCUT2D eigenvalue weighted by Gasteiger charge is -2.36. The molecule has 2 atom stereocenters. The first kappa shape index (κ1) is 21.3. The van der Waals surface area contributed by atoms with Crippen LogP contribution in [-0.2, 0) is 29.0 Å². The van der Waals surface area contributed by atoms with Crippen LogP contribution in [0.4, 0.5) is 0 Å². The quantitative estimate of drug-likeness (QED) is 0.815. The van der Waals surface area contributed by atoms with Gasteiger partial charge in [0.05, 0.1) is 12.6 Å². The fraction of sp³-hybridized carbons (Fsp3) is 0.458. The molecule has 0 radical (unpaired) electrons. The molecule has 2 amide bonds. The minimum absolute atomic E-state index is 0.0115. The predicted molar refractivity (Wildman–Crippen MR) is 117 cm³/mol. The molecular weight excluding hydrogens is 394 g/mol. The molecule has 7 nitrogen and oxygen atoms in total. The van der Waals surface area contributed by atoms with Gasteiger partial charge in [0.15, 0.2) is 0 Å². The van der Waals surface area contributed by atoms with Crippen molar-refractivity contribution in [2.75, 3.05) is 13.7 Å². The van der Waals surface area contributed by atoms with Gasteiger partial charge in [0.2, 0.25) is 5.91 Å². The van der Waals surface area contributed by atoms with Crippen molar-refractivity contribution in [1.82, 2.24) is 14.8 Å². The Morgan fingerprint density at radius 2 is 1.94 bits per heavy atom. The lowest BCUT2D eigenvalue weighted by molar-refractivity contribution is -0.125. The number of aromatic nitrogens is 1. The van der Waals surface area contributed by atoms with Gasteiger partial charge in [-0.25, -0.2) is 0 Å². The number of rotatable bonds is 4. The summed E-state index contributed by atoms with van der Waals surface area (Å²) >= 11 is 0. The first-order valence-corrected chi connectivity index (χ1v) is 10.8. The standard InChI is InChI=1S/C24H29N3O4/c1-15-11-16(2)26(14-19-9-6-10-31-19)23(29)21(15)24(30)27-13-18-8-5-4-7-17(18)12-20(27)22(28)25-3/h4-5,7-8,11,19-20H,6,9-10,12-14H2,1-3H3,(H,25,28). The number of amides is 2. The highest BCUT2D eigenvalue weighted by molar-refractivity contribution is 5.98. The molecule has 1 N–H and O–H groups in total. The van der Waals surface area contributed by atoms with Crippen LogP contribution in [0.3, 0.4) is 0 Å². The highest BCUT2D eigenvalue weighted by atomic mass is 16.5. The second kappa shape index (κ2) is 8.67. The maximum absolute atomic E-state index is 13.7. The molecule has 3 heterocycles. The maximum Gasteiger partial charge on any atom is 0.263 e. The Hall–Kier alpha value is -2.93. The third-order valence-corrected chi connectivity index (χ3v) is 6.39. The van der Waals surface area contributed by atoms with Gasteiger partial charge >= 0.3 is 0 Å². The number of fused-ring (bicyclic) bond motifs is 1. The lowest BCUT2D eigenvalue weighted by atomic mass is 9.92. The van der Waals surface area contributed by atoms with Crippen molar-refractivity contribution in [1.29, 1.82) is 0 Å². The molecule has 4 rings (SSSR count). The van der Waals surface area contributed by atoms with Crippen LogP contribution in [0.15, 0.2) is 35.1 Å². The summed E-state index contributed by atoms with van der Waals surface area (Å²) in [5.41, 5.74) is 3.31. The molecule has 31 heavy (non-hydrogen) atoms. The summed E-state index contributed by atoms with van der Waals surface area (Å²) in [6.07, 6.45) is 2.31. The Morgan fingerprint density at radius 3 is 2.61 bits per heavy atom. The van der Waals surface area contributed by atoms with Crippen molar-refractivity contribution in [3.63, 3.8) is 0 Å². The van der Waals surface area contributed by atoms with E-state index in [9.17, 15) is 14.4 Å². The number of carbonyl (C=O) groups is 2. The third-order valence-electron chi connectivity index (χ3n) is 6.39. The van der Waals surface area contributed by atoms with Crippen molar-refractivity contribution < 1.29 is 14.3 Å². The molecule has 2 aromatic rings. The van der Waals surface area contributed by atoms with Crippen molar-refractivity contribution in [2.45, 2.75) is 58.3 Å². The Balaban J connectivity index is 1.73. The van der Waals surface area contributed by atoms with Crippen LogP contribution in [0.25, 0.3) is 0 Å². The van der Waals surface area contributed by atoms with Gasteiger partial charge in [0.1, 0.15) is 11.6 Å². The van der Waals surface area contributed by atoms with Crippen LogP contribution < -0.4 is 10.9 Å². The number of benzene rings is 1. The highest BCUT2D eigenvalue weighted by Gasteiger charge is 2.36. The smallest absolute Gasteiger partial charge is 0.263 e. The molecule has 2 aliphatic heterocycles. The van der Waals surface area contributed by atoms with Gasteiger partial charge in [-0.1, -0.05) is 24.3 Å². The first-order valence-electron chi connectivity index (χ1n) is 10.8. The minimum Gasteiger partial charge on any atom is -0.376 e. The van der Waals surface area contributed by atoms with E-state index in [-0.39, 0.29) is 23.1 Å². The number of nitrogens with one attached hydrogen (secondary N) is 1. The number of aryl methyl sites for hydroxylation is 2. The van der Waals surface area contributed by atoms with Crippen molar-refractivity contribution >= 4 is 11.8 Å². The van der Waals surface area contributed by atoms with Crippen LogP contribution in [0.2, 0.25) is 0 Å². The minimum atomic E-state index is -0.654.